The largest absolute Gasteiger partial charge is 0.427 e. The van der Waals surface area contributed by atoms with E-state index in [1.165, 1.54) is 6.07 Å². The Morgan fingerprint density at radius 3 is 2.77 bits per heavy atom. The van der Waals surface area contributed by atoms with Crippen molar-refractivity contribution in [2.45, 2.75) is 33.6 Å². The number of hydrogen-bond donors (Lipinski definition) is 1. The lowest BCUT2D eigenvalue weighted by Gasteiger charge is -2.13. The quantitative estimate of drug-likeness (QED) is 0.344. The van der Waals surface area contributed by atoms with Gasteiger partial charge in [-0.05, 0) is 13.3 Å². The van der Waals surface area contributed by atoms with E-state index in [2.05, 4.69) is 12.1 Å². The normalized spacial score (nSPS) is 11.1. The molecule has 0 saturated heterocycles. The molecule has 6 heteroatoms. The molecular weight excluding hydrogens is 286 g/mol. The van der Waals surface area contributed by atoms with E-state index in [-0.39, 0.29) is 24.3 Å². The molecule has 6 nitrogen and oxygen atoms in total. The second-order valence-corrected chi connectivity index (χ2v) is 4.44. The Kier molecular flexibility index (Phi) is 7.12. The van der Waals surface area contributed by atoms with Crippen LogP contribution < -0.4 is 15.8 Å². The molecule has 0 aliphatic rings. The summed E-state index contributed by atoms with van der Waals surface area (Å²) in [6.07, 6.45) is 4.15. The number of rotatable bonds is 8. The van der Waals surface area contributed by atoms with Crippen molar-refractivity contribution in [3.8, 4) is 5.75 Å². The van der Waals surface area contributed by atoms with Gasteiger partial charge in [0.05, 0.1) is 12.3 Å². The highest BCUT2D eigenvalue weighted by Gasteiger charge is 2.18. The van der Waals surface area contributed by atoms with Gasteiger partial charge in [-0.3, -0.25) is 15.1 Å². The number of ether oxygens (including phenoxy) is 1. The fourth-order valence-corrected chi connectivity index (χ4v) is 1.68. The zero-order valence-electron chi connectivity index (χ0n) is 13.1. The highest BCUT2D eigenvalue weighted by atomic mass is 16.6. The Labute approximate surface area is 129 Å². The average Bonchev–Trinajstić information content (AvgIpc) is 2.46. The molecule has 1 aromatic heterocycles. The van der Waals surface area contributed by atoms with Gasteiger partial charge in [-0.25, -0.2) is 4.79 Å². The number of hydroxylamine groups is 1. The number of hydrogen-bond acceptors (Lipinski definition) is 6. The Balaban J connectivity index is 3.27. The predicted octanol–water partition coefficient (Wildman–Crippen LogP) is 2.72. The van der Waals surface area contributed by atoms with Crippen LogP contribution in [-0.2, 0) is 9.63 Å². The van der Waals surface area contributed by atoms with E-state index in [0.717, 1.165) is 0 Å². The van der Waals surface area contributed by atoms with Crippen LogP contribution in [0.15, 0.2) is 34.0 Å². The standard InChI is InChI=1S/C16H21NO5/c1-5-8-12(17-20-9-6-2)15-13(22-14(18)7-3)10-11(4)21-16(15)19/h6,8,10,17H,2,5,7,9H2,1,3-4H3. The van der Waals surface area contributed by atoms with Crippen molar-refractivity contribution >= 4 is 11.7 Å². The fourth-order valence-electron chi connectivity index (χ4n) is 1.68. The van der Waals surface area contributed by atoms with Crippen molar-refractivity contribution in [1.82, 2.24) is 5.48 Å². The van der Waals surface area contributed by atoms with Crippen LogP contribution in [0.25, 0.3) is 5.70 Å². The molecular formula is C16H21NO5. The molecule has 0 saturated carbocycles. The zero-order valence-corrected chi connectivity index (χ0v) is 13.1. The summed E-state index contributed by atoms with van der Waals surface area (Å²) in [5.41, 5.74) is 2.57. The molecule has 0 radical (unpaired) electrons. The smallest absolute Gasteiger partial charge is 0.349 e. The molecule has 22 heavy (non-hydrogen) atoms. The first-order valence-corrected chi connectivity index (χ1v) is 7.08. The first-order valence-electron chi connectivity index (χ1n) is 7.08. The molecule has 0 aromatic carbocycles. The summed E-state index contributed by atoms with van der Waals surface area (Å²) in [6, 6.07) is 1.50. The van der Waals surface area contributed by atoms with Crippen LogP contribution in [0.2, 0.25) is 0 Å². The predicted molar refractivity (Wildman–Crippen MR) is 83.2 cm³/mol. The minimum atomic E-state index is -0.603. The van der Waals surface area contributed by atoms with Gasteiger partial charge in [-0.2, -0.15) is 0 Å². The summed E-state index contributed by atoms with van der Waals surface area (Å²) < 4.78 is 10.3. The van der Waals surface area contributed by atoms with Crippen LogP contribution in [-0.4, -0.2) is 12.6 Å². The van der Waals surface area contributed by atoms with Crippen LogP contribution in [0.1, 0.15) is 38.0 Å². The zero-order chi connectivity index (χ0) is 16.5. The number of aryl methyl sites for hydroxylation is 1. The maximum atomic E-state index is 12.2. The Hall–Kier alpha value is -2.34. The highest BCUT2D eigenvalue weighted by molar-refractivity contribution is 5.76. The molecule has 1 heterocycles. The molecule has 0 bridgehead atoms. The van der Waals surface area contributed by atoms with Crippen LogP contribution in [0.5, 0.6) is 5.75 Å². The molecule has 1 rings (SSSR count). The number of carbonyl (C=O) groups excluding carboxylic acids is 1. The Morgan fingerprint density at radius 1 is 1.45 bits per heavy atom. The van der Waals surface area contributed by atoms with Crippen LogP contribution in [0.4, 0.5) is 0 Å². The summed E-state index contributed by atoms with van der Waals surface area (Å²) in [5, 5.41) is 0. The molecule has 0 aliphatic heterocycles. The number of nitrogens with one attached hydrogen (secondary N) is 1. The summed E-state index contributed by atoms with van der Waals surface area (Å²) >= 11 is 0. The summed E-state index contributed by atoms with van der Waals surface area (Å²) in [6.45, 7) is 8.98. The van der Waals surface area contributed by atoms with Crippen molar-refractivity contribution in [2.75, 3.05) is 6.61 Å². The van der Waals surface area contributed by atoms with Crippen molar-refractivity contribution in [1.29, 1.82) is 0 Å². The lowest BCUT2D eigenvalue weighted by Crippen LogP contribution is -2.21. The van der Waals surface area contributed by atoms with Gasteiger partial charge in [0.1, 0.15) is 11.3 Å². The van der Waals surface area contributed by atoms with E-state index >= 15 is 0 Å². The molecule has 0 spiro atoms. The minimum Gasteiger partial charge on any atom is -0.427 e. The first-order chi connectivity index (χ1) is 10.5. The van der Waals surface area contributed by atoms with Crippen molar-refractivity contribution < 1.29 is 18.8 Å². The second-order valence-electron chi connectivity index (χ2n) is 4.44. The average molecular weight is 307 g/mol. The second kappa shape index (κ2) is 8.84. The van der Waals surface area contributed by atoms with Gasteiger partial charge in [0.2, 0.25) is 0 Å². The molecule has 0 atom stereocenters. The van der Waals surface area contributed by atoms with Crippen molar-refractivity contribution in [3.63, 3.8) is 0 Å². The molecule has 1 aromatic rings. The molecule has 0 aliphatic carbocycles. The first kappa shape index (κ1) is 17.7. The SMILES string of the molecule is C=CCONC(=CCC)c1c(OC(=O)CC)cc(C)oc1=O. The van der Waals surface area contributed by atoms with E-state index < -0.39 is 11.6 Å². The third-order valence-electron chi connectivity index (χ3n) is 2.61. The van der Waals surface area contributed by atoms with Gasteiger partial charge < -0.3 is 9.15 Å². The van der Waals surface area contributed by atoms with Crippen molar-refractivity contribution in [2.24, 2.45) is 0 Å². The molecule has 120 valence electrons. The minimum absolute atomic E-state index is 0.123. The third-order valence-corrected chi connectivity index (χ3v) is 2.61. The van der Waals surface area contributed by atoms with Crippen LogP contribution in [0.3, 0.4) is 0 Å². The van der Waals surface area contributed by atoms with Gasteiger partial charge in [-0.15, -0.1) is 6.58 Å². The van der Waals surface area contributed by atoms with E-state index in [0.29, 0.717) is 17.9 Å². The van der Waals surface area contributed by atoms with Gasteiger partial charge >= 0.3 is 11.6 Å². The van der Waals surface area contributed by atoms with Gasteiger partial charge in [0.25, 0.3) is 0 Å². The fraction of sp³-hybridized carbons (Fsp3) is 0.375. The molecule has 0 fully saturated rings. The van der Waals surface area contributed by atoms with E-state index in [4.69, 9.17) is 14.0 Å². The Morgan fingerprint density at radius 2 is 2.18 bits per heavy atom. The molecule has 0 unspecified atom stereocenters. The lowest BCUT2D eigenvalue weighted by molar-refractivity contribution is -0.134. The summed E-state index contributed by atoms with van der Waals surface area (Å²) in [4.78, 5) is 28.9. The van der Waals surface area contributed by atoms with E-state index in [1.54, 1.807) is 26.0 Å². The monoisotopic (exact) mass is 307 g/mol. The van der Waals surface area contributed by atoms with E-state index in [1.807, 2.05) is 6.92 Å². The molecule has 0 amide bonds. The maximum Gasteiger partial charge on any atom is 0.349 e. The van der Waals surface area contributed by atoms with Gasteiger partial charge in [-0.1, -0.05) is 26.0 Å². The maximum absolute atomic E-state index is 12.2. The van der Waals surface area contributed by atoms with Gasteiger partial charge in [0.15, 0.2) is 5.75 Å². The highest BCUT2D eigenvalue weighted by Crippen LogP contribution is 2.23. The third kappa shape index (κ3) is 4.89. The lowest BCUT2D eigenvalue weighted by atomic mass is 10.1. The van der Waals surface area contributed by atoms with Crippen LogP contribution >= 0.6 is 0 Å². The van der Waals surface area contributed by atoms with Gasteiger partial charge in [0, 0.05) is 12.5 Å². The number of carbonyl (C=O) groups is 1. The number of allylic oxidation sites excluding steroid dienone is 1. The van der Waals surface area contributed by atoms with Crippen molar-refractivity contribution in [3.05, 3.63) is 46.5 Å². The van der Waals surface area contributed by atoms with Crippen LogP contribution in [0, 0.1) is 6.92 Å². The number of esters is 1. The Bertz CT molecular complexity index is 615. The van der Waals surface area contributed by atoms with E-state index in [9.17, 15) is 9.59 Å². The topological polar surface area (TPSA) is 77.8 Å². The summed E-state index contributed by atoms with van der Waals surface area (Å²) in [7, 11) is 0. The molecule has 1 N–H and O–H groups in total. The summed E-state index contributed by atoms with van der Waals surface area (Å²) in [5.74, 6) is 0.0691.